The minimum absolute atomic E-state index is 0.161. The minimum Gasteiger partial charge on any atom is -0.338 e. The van der Waals surface area contributed by atoms with Crippen molar-refractivity contribution in [3.05, 3.63) is 18.0 Å². The van der Waals surface area contributed by atoms with Crippen molar-refractivity contribution in [2.24, 2.45) is 11.7 Å². The summed E-state index contributed by atoms with van der Waals surface area (Å²) in [6.45, 7) is 7.62. The van der Waals surface area contributed by atoms with Crippen LogP contribution in [-0.4, -0.2) is 28.6 Å². The predicted octanol–water partition coefficient (Wildman–Crippen LogP) is 1.99. The molecule has 2 N–H and O–H groups in total. The average molecular weight is 248 g/mol. The summed E-state index contributed by atoms with van der Waals surface area (Å²) in [6, 6.07) is 0.703. The summed E-state index contributed by atoms with van der Waals surface area (Å²) < 4.78 is 0. The highest BCUT2D eigenvalue weighted by molar-refractivity contribution is 5.32. The lowest BCUT2D eigenvalue weighted by Gasteiger charge is -2.36. The van der Waals surface area contributed by atoms with Crippen molar-refractivity contribution in [3.8, 4) is 0 Å². The van der Waals surface area contributed by atoms with Crippen molar-refractivity contribution < 1.29 is 0 Å². The van der Waals surface area contributed by atoms with Gasteiger partial charge in [0.05, 0.1) is 0 Å². The van der Waals surface area contributed by atoms with E-state index in [9.17, 15) is 0 Å². The van der Waals surface area contributed by atoms with Gasteiger partial charge in [-0.15, -0.1) is 0 Å². The van der Waals surface area contributed by atoms with Crippen LogP contribution in [0.5, 0.6) is 0 Å². The maximum Gasteiger partial charge on any atom is 0.225 e. The summed E-state index contributed by atoms with van der Waals surface area (Å²) in [5.74, 6) is 1.59. The quantitative estimate of drug-likeness (QED) is 0.889. The van der Waals surface area contributed by atoms with Crippen LogP contribution in [0.15, 0.2) is 12.4 Å². The number of rotatable bonds is 3. The van der Waals surface area contributed by atoms with Gasteiger partial charge in [0.25, 0.3) is 0 Å². The molecular weight excluding hydrogens is 224 g/mol. The lowest BCUT2D eigenvalue weighted by atomic mass is 9.95. The maximum atomic E-state index is 5.78. The van der Waals surface area contributed by atoms with E-state index in [0.717, 1.165) is 30.4 Å². The van der Waals surface area contributed by atoms with Gasteiger partial charge in [0.15, 0.2) is 0 Å². The first-order valence-electron chi connectivity index (χ1n) is 6.89. The summed E-state index contributed by atoms with van der Waals surface area (Å²) in [7, 11) is 0. The summed E-state index contributed by atoms with van der Waals surface area (Å²) in [6.07, 6.45) is 7.20. The Morgan fingerprint density at radius 1 is 1.33 bits per heavy atom. The molecule has 1 aromatic heterocycles. The van der Waals surface area contributed by atoms with Crippen LogP contribution in [0, 0.1) is 5.92 Å². The summed E-state index contributed by atoms with van der Waals surface area (Å²) >= 11 is 0. The number of aromatic nitrogens is 2. The number of nitrogens with two attached hydrogens (primary N) is 1. The van der Waals surface area contributed by atoms with Gasteiger partial charge >= 0.3 is 0 Å². The number of hydrogen-bond donors (Lipinski definition) is 1. The molecule has 1 fully saturated rings. The second-order valence-electron chi connectivity index (χ2n) is 5.76. The molecule has 0 saturated carbocycles. The van der Waals surface area contributed by atoms with Gasteiger partial charge in [0.2, 0.25) is 5.95 Å². The maximum absolute atomic E-state index is 5.78. The Bertz CT molecular complexity index is 374. The Kier molecular flexibility index (Phi) is 4.17. The third-order valence-corrected chi connectivity index (χ3v) is 3.62. The topological polar surface area (TPSA) is 55.0 Å². The Balaban J connectivity index is 2.08. The first-order chi connectivity index (χ1) is 8.56. The van der Waals surface area contributed by atoms with Gasteiger partial charge in [-0.05, 0) is 44.6 Å². The third-order valence-electron chi connectivity index (χ3n) is 3.62. The standard InChI is InChI=1S/C14H24N4/c1-10-4-5-12(3)18(9-10)14-16-7-13(8-17-14)6-11(2)15/h7-8,10-12H,4-6,9,15H2,1-3H3. The molecule has 100 valence electrons. The van der Waals surface area contributed by atoms with Gasteiger partial charge in [0, 0.05) is 31.0 Å². The lowest BCUT2D eigenvalue weighted by molar-refractivity contribution is 0.385. The van der Waals surface area contributed by atoms with E-state index in [1.54, 1.807) is 0 Å². The Morgan fingerprint density at radius 2 is 2.00 bits per heavy atom. The molecule has 18 heavy (non-hydrogen) atoms. The first kappa shape index (κ1) is 13.3. The molecule has 1 saturated heterocycles. The van der Waals surface area contributed by atoms with Crippen LogP contribution in [-0.2, 0) is 6.42 Å². The molecule has 1 aliphatic rings. The van der Waals surface area contributed by atoms with Crippen molar-refractivity contribution in [1.29, 1.82) is 0 Å². The zero-order chi connectivity index (χ0) is 13.1. The minimum atomic E-state index is 0.161. The molecule has 1 aliphatic heterocycles. The van der Waals surface area contributed by atoms with E-state index in [-0.39, 0.29) is 6.04 Å². The van der Waals surface area contributed by atoms with E-state index in [2.05, 4.69) is 28.7 Å². The molecule has 0 amide bonds. The second kappa shape index (κ2) is 5.65. The highest BCUT2D eigenvalue weighted by Gasteiger charge is 2.24. The molecule has 2 heterocycles. The molecule has 4 heteroatoms. The van der Waals surface area contributed by atoms with Crippen LogP contribution in [0.25, 0.3) is 0 Å². The molecule has 3 atom stereocenters. The van der Waals surface area contributed by atoms with E-state index in [4.69, 9.17) is 5.73 Å². The molecule has 0 radical (unpaired) electrons. The number of anilines is 1. The zero-order valence-electron chi connectivity index (χ0n) is 11.6. The predicted molar refractivity (Wildman–Crippen MR) is 74.6 cm³/mol. The highest BCUT2D eigenvalue weighted by atomic mass is 15.3. The van der Waals surface area contributed by atoms with Crippen molar-refractivity contribution in [3.63, 3.8) is 0 Å². The summed E-state index contributed by atoms with van der Waals surface area (Å²) in [5.41, 5.74) is 6.90. The van der Waals surface area contributed by atoms with Crippen molar-refractivity contribution in [2.75, 3.05) is 11.4 Å². The van der Waals surface area contributed by atoms with Crippen LogP contribution in [0.2, 0.25) is 0 Å². The lowest BCUT2D eigenvalue weighted by Crippen LogP contribution is -2.42. The van der Waals surface area contributed by atoms with Crippen LogP contribution >= 0.6 is 0 Å². The smallest absolute Gasteiger partial charge is 0.225 e. The summed E-state index contributed by atoms with van der Waals surface area (Å²) in [4.78, 5) is 11.3. The third kappa shape index (κ3) is 3.19. The molecule has 0 aliphatic carbocycles. The Hall–Kier alpha value is -1.16. The van der Waals surface area contributed by atoms with E-state index >= 15 is 0 Å². The molecular formula is C14H24N4. The van der Waals surface area contributed by atoms with Gasteiger partial charge in [-0.2, -0.15) is 0 Å². The van der Waals surface area contributed by atoms with Gasteiger partial charge in [-0.3, -0.25) is 0 Å². The van der Waals surface area contributed by atoms with Crippen LogP contribution in [0.1, 0.15) is 39.2 Å². The fourth-order valence-corrected chi connectivity index (χ4v) is 2.54. The van der Waals surface area contributed by atoms with Crippen molar-refractivity contribution in [1.82, 2.24) is 9.97 Å². The normalized spacial score (nSPS) is 26.1. The van der Waals surface area contributed by atoms with Crippen molar-refractivity contribution in [2.45, 2.75) is 52.1 Å². The van der Waals surface area contributed by atoms with Crippen LogP contribution < -0.4 is 10.6 Å². The number of piperidine rings is 1. The summed E-state index contributed by atoms with van der Waals surface area (Å²) in [5, 5.41) is 0. The molecule has 2 rings (SSSR count). The number of hydrogen-bond acceptors (Lipinski definition) is 4. The van der Waals surface area contributed by atoms with E-state index in [0.29, 0.717) is 6.04 Å². The monoisotopic (exact) mass is 248 g/mol. The second-order valence-corrected chi connectivity index (χ2v) is 5.76. The first-order valence-corrected chi connectivity index (χ1v) is 6.89. The van der Waals surface area contributed by atoms with E-state index < -0.39 is 0 Å². The van der Waals surface area contributed by atoms with Gasteiger partial charge in [-0.1, -0.05) is 6.92 Å². The van der Waals surface area contributed by atoms with E-state index in [1.165, 1.54) is 12.8 Å². The average Bonchev–Trinajstić information content (AvgIpc) is 2.33. The molecule has 3 unspecified atom stereocenters. The molecule has 0 spiro atoms. The SMILES string of the molecule is CC(N)Cc1cnc(N2CC(C)CCC2C)nc1. The molecule has 4 nitrogen and oxygen atoms in total. The fraction of sp³-hybridized carbons (Fsp3) is 0.714. The molecule has 1 aromatic rings. The largest absolute Gasteiger partial charge is 0.338 e. The molecule has 0 bridgehead atoms. The van der Waals surface area contributed by atoms with Crippen molar-refractivity contribution >= 4 is 5.95 Å². The van der Waals surface area contributed by atoms with Crippen LogP contribution in [0.4, 0.5) is 5.95 Å². The van der Waals surface area contributed by atoms with Gasteiger partial charge in [-0.25, -0.2) is 9.97 Å². The Labute approximate surface area is 110 Å². The van der Waals surface area contributed by atoms with Gasteiger partial charge < -0.3 is 10.6 Å². The Morgan fingerprint density at radius 3 is 2.61 bits per heavy atom. The highest BCUT2D eigenvalue weighted by Crippen LogP contribution is 2.24. The molecule has 0 aromatic carbocycles. The van der Waals surface area contributed by atoms with E-state index in [1.807, 2.05) is 19.3 Å². The fourth-order valence-electron chi connectivity index (χ4n) is 2.54. The number of nitrogens with zero attached hydrogens (tertiary/aromatic N) is 3. The van der Waals surface area contributed by atoms with Crippen LogP contribution in [0.3, 0.4) is 0 Å². The van der Waals surface area contributed by atoms with Gasteiger partial charge in [0.1, 0.15) is 0 Å². The zero-order valence-corrected chi connectivity index (χ0v) is 11.6.